The molecule has 1 aromatic heterocycles. The van der Waals surface area contributed by atoms with E-state index in [9.17, 15) is 0 Å². The van der Waals surface area contributed by atoms with Gasteiger partial charge in [0.05, 0.1) is 26.1 Å². The lowest BCUT2D eigenvalue weighted by atomic mass is 10.1. The second kappa shape index (κ2) is 8.95. The maximum Gasteiger partial charge on any atom is 0.170 e. The molecule has 0 unspecified atom stereocenters. The first-order chi connectivity index (χ1) is 11.2. The van der Waals surface area contributed by atoms with E-state index in [0.29, 0.717) is 5.11 Å². The summed E-state index contributed by atoms with van der Waals surface area (Å²) >= 11 is 5.25. The van der Waals surface area contributed by atoms with Crippen LogP contribution in [0.25, 0.3) is 0 Å². The largest absolute Gasteiger partial charge is 0.493 e. The third-order valence-corrected chi connectivity index (χ3v) is 3.54. The molecular weight excluding hydrogens is 310 g/mol. The van der Waals surface area contributed by atoms with Crippen molar-refractivity contribution in [2.24, 2.45) is 0 Å². The van der Waals surface area contributed by atoms with Crippen LogP contribution in [0.5, 0.6) is 11.5 Å². The van der Waals surface area contributed by atoms with Crippen LogP contribution in [0, 0.1) is 0 Å². The molecule has 0 amide bonds. The lowest BCUT2D eigenvalue weighted by Crippen LogP contribution is -2.29. The highest BCUT2D eigenvalue weighted by Gasteiger charge is 2.04. The lowest BCUT2D eigenvalue weighted by molar-refractivity contribution is 0.354. The van der Waals surface area contributed by atoms with Gasteiger partial charge in [0, 0.05) is 12.7 Å². The van der Waals surface area contributed by atoms with E-state index in [2.05, 4.69) is 15.6 Å². The van der Waals surface area contributed by atoms with Crippen LogP contribution in [0.3, 0.4) is 0 Å². The van der Waals surface area contributed by atoms with Crippen molar-refractivity contribution in [2.45, 2.75) is 12.8 Å². The van der Waals surface area contributed by atoms with Crippen LogP contribution in [-0.2, 0) is 6.42 Å². The standard InChI is InChI=1S/C17H21N3O2S/c1-21-15-8-7-13(11-16(15)22-2)5-3-10-19-17(23)20-14-6-4-9-18-12-14/h4,6-9,11-12H,3,5,10H2,1-2H3,(H2,19,20,23). The predicted octanol–water partition coefficient (Wildman–Crippen LogP) is 3.02. The summed E-state index contributed by atoms with van der Waals surface area (Å²) in [6.07, 6.45) is 5.36. The molecule has 2 aromatic rings. The fraction of sp³-hybridized carbons (Fsp3) is 0.294. The average molecular weight is 331 g/mol. The fourth-order valence-corrected chi connectivity index (χ4v) is 2.36. The van der Waals surface area contributed by atoms with Crippen LogP contribution in [0.15, 0.2) is 42.7 Å². The number of nitrogens with one attached hydrogen (secondary N) is 2. The van der Waals surface area contributed by atoms with Crippen molar-refractivity contribution in [1.82, 2.24) is 10.3 Å². The second-order valence-corrected chi connectivity index (χ2v) is 5.32. The van der Waals surface area contributed by atoms with Gasteiger partial charge in [0.15, 0.2) is 16.6 Å². The molecule has 0 saturated heterocycles. The van der Waals surface area contributed by atoms with Gasteiger partial charge in [0.2, 0.25) is 0 Å². The van der Waals surface area contributed by atoms with Crippen molar-refractivity contribution in [2.75, 3.05) is 26.1 Å². The number of anilines is 1. The summed E-state index contributed by atoms with van der Waals surface area (Å²) in [5.74, 6) is 1.50. The summed E-state index contributed by atoms with van der Waals surface area (Å²) in [7, 11) is 3.28. The first kappa shape index (κ1) is 17.0. The van der Waals surface area contributed by atoms with Crippen LogP contribution in [0.2, 0.25) is 0 Å². The molecule has 0 bridgehead atoms. The van der Waals surface area contributed by atoms with Crippen LogP contribution in [0.4, 0.5) is 5.69 Å². The molecular formula is C17H21N3O2S. The van der Waals surface area contributed by atoms with Crippen molar-refractivity contribution in [3.05, 3.63) is 48.3 Å². The van der Waals surface area contributed by atoms with Gasteiger partial charge in [0.25, 0.3) is 0 Å². The minimum absolute atomic E-state index is 0.602. The number of thiocarbonyl (C=S) groups is 1. The molecule has 2 rings (SSSR count). The van der Waals surface area contributed by atoms with Crippen molar-refractivity contribution in [3.63, 3.8) is 0 Å². The van der Waals surface area contributed by atoms with Crippen molar-refractivity contribution < 1.29 is 9.47 Å². The van der Waals surface area contributed by atoms with Crippen molar-refractivity contribution >= 4 is 23.0 Å². The van der Waals surface area contributed by atoms with Crippen LogP contribution >= 0.6 is 12.2 Å². The number of methoxy groups -OCH3 is 2. The number of ether oxygens (including phenoxy) is 2. The van der Waals surface area contributed by atoms with Gasteiger partial charge in [-0.2, -0.15) is 0 Å². The summed E-state index contributed by atoms with van der Waals surface area (Å²) in [4.78, 5) is 4.03. The number of aryl methyl sites for hydroxylation is 1. The molecule has 0 aliphatic carbocycles. The second-order valence-electron chi connectivity index (χ2n) is 4.92. The molecule has 0 radical (unpaired) electrons. The van der Waals surface area contributed by atoms with E-state index in [1.54, 1.807) is 26.6 Å². The van der Waals surface area contributed by atoms with Gasteiger partial charge in [-0.3, -0.25) is 4.98 Å². The number of pyridine rings is 1. The van der Waals surface area contributed by atoms with Crippen LogP contribution in [0.1, 0.15) is 12.0 Å². The van der Waals surface area contributed by atoms with E-state index >= 15 is 0 Å². The molecule has 1 aromatic carbocycles. The minimum atomic E-state index is 0.602. The van der Waals surface area contributed by atoms with E-state index in [0.717, 1.165) is 36.6 Å². The highest BCUT2D eigenvalue weighted by molar-refractivity contribution is 7.80. The molecule has 0 saturated carbocycles. The summed E-state index contributed by atoms with van der Waals surface area (Å²) in [6.45, 7) is 0.792. The molecule has 2 N–H and O–H groups in total. The minimum Gasteiger partial charge on any atom is -0.493 e. The number of hydrogen-bond acceptors (Lipinski definition) is 4. The SMILES string of the molecule is COc1ccc(CCCNC(=S)Nc2cccnc2)cc1OC. The molecule has 0 atom stereocenters. The van der Waals surface area contributed by atoms with E-state index in [4.69, 9.17) is 21.7 Å². The third-order valence-electron chi connectivity index (χ3n) is 3.30. The monoisotopic (exact) mass is 331 g/mol. The fourth-order valence-electron chi connectivity index (χ4n) is 2.14. The molecule has 6 heteroatoms. The van der Waals surface area contributed by atoms with E-state index in [1.807, 2.05) is 30.3 Å². The van der Waals surface area contributed by atoms with Crippen molar-refractivity contribution in [1.29, 1.82) is 0 Å². The molecule has 122 valence electrons. The Bertz CT molecular complexity index is 635. The summed E-state index contributed by atoms with van der Waals surface area (Å²) < 4.78 is 10.5. The molecule has 0 aliphatic rings. The van der Waals surface area contributed by atoms with Crippen LogP contribution in [-0.4, -0.2) is 30.9 Å². The Hall–Kier alpha value is -2.34. The summed E-state index contributed by atoms with van der Waals surface area (Å²) in [6, 6.07) is 9.77. The Morgan fingerprint density at radius 3 is 2.70 bits per heavy atom. The van der Waals surface area contributed by atoms with Gasteiger partial charge in [0.1, 0.15) is 0 Å². The van der Waals surface area contributed by atoms with Crippen LogP contribution < -0.4 is 20.1 Å². The average Bonchev–Trinajstić information content (AvgIpc) is 2.59. The van der Waals surface area contributed by atoms with Gasteiger partial charge in [-0.05, 0) is 54.9 Å². The zero-order valence-electron chi connectivity index (χ0n) is 13.3. The van der Waals surface area contributed by atoms with Gasteiger partial charge >= 0.3 is 0 Å². The molecule has 5 nitrogen and oxygen atoms in total. The molecule has 0 fully saturated rings. The zero-order chi connectivity index (χ0) is 16.5. The smallest absolute Gasteiger partial charge is 0.170 e. The van der Waals surface area contributed by atoms with E-state index in [1.165, 1.54) is 5.56 Å². The summed E-state index contributed by atoms with van der Waals surface area (Å²) in [5.41, 5.74) is 2.08. The molecule has 0 aliphatic heterocycles. The highest BCUT2D eigenvalue weighted by atomic mass is 32.1. The zero-order valence-corrected chi connectivity index (χ0v) is 14.2. The van der Waals surface area contributed by atoms with E-state index in [-0.39, 0.29) is 0 Å². The van der Waals surface area contributed by atoms with Gasteiger partial charge in [-0.25, -0.2) is 0 Å². The number of aromatic nitrogens is 1. The van der Waals surface area contributed by atoms with Crippen molar-refractivity contribution in [3.8, 4) is 11.5 Å². The quantitative estimate of drug-likeness (QED) is 0.601. The predicted molar refractivity (Wildman–Crippen MR) is 96.3 cm³/mol. The molecule has 0 spiro atoms. The Morgan fingerprint density at radius 1 is 1.17 bits per heavy atom. The molecule has 1 heterocycles. The normalized spacial score (nSPS) is 10.0. The lowest BCUT2D eigenvalue weighted by Gasteiger charge is -2.11. The Kier molecular flexibility index (Phi) is 6.62. The Balaban J connectivity index is 1.74. The first-order valence-corrected chi connectivity index (χ1v) is 7.79. The first-order valence-electron chi connectivity index (χ1n) is 7.38. The number of benzene rings is 1. The topological polar surface area (TPSA) is 55.4 Å². The van der Waals surface area contributed by atoms with Gasteiger partial charge in [-0.15, -0.1) is 0 Å². The Morgan fingerprint density at radius 2 is 2.00 bits per heavy atom. The maximum absolute atomic E-state index is 5.31. The summed E-state index contributed by atoms with van der Waals surface area (Å²) in [5, 5.41) is 6.89. The number of hydrogen-bond donors (Lipinski definition) is 2. The van der Waals surface area contributed by atoms with E-state index < -0.39 is 0 Å². The highest BCUT2D eigenvalue weighted by Crippen LogP contribution is 2.27. The van der Waals surface area contributed by atoms with Gasteiger partial charge < -0.3 is 20.1 Å². The molecule has 23 heavy (non-hydrogen) atoms. The maximum atomic E-state index is 5.31. The number of rotatable bonds is 7. The Labute approximate surface area is 142 Å². The van der Waals surface area contributed by atoms with Gasteiger partial charge in [-0.1, -0.05) is 6.07 Å². The third kappa shape index (κ3) is 5.41. The number of nitrogens with zero attached hydrogens (tertiary/aromatic N) is 1.